The lowest BCUT2D eigenvalue weighted by atomic mass is 11.0. The minimum absolute atomic E-state index is 0.130. The molecule has 0 heterocycles. The maximum absolute atomic E-state index is 4.82. The normalized spacial score (nSPS) is 5.00. The van der Waals surface area contributed by atoms with Crippen LogP contribution >= 0.6 is 0 Å². The van der Waals surface area contributed by atoms with Crippen molar-refractivity contribution in [1.82, 2.24) is 0 Å². The second-order valence-corrected chi connectivity index (χ2v) is 1.30. The summed E-state index contributed by atoms with van der Waals surface area (Å²) in [5, 5.41) is 0. The van der Waals surface area contributed by atoms with Crippen molar-refractivity contribution in [2.24, 2.45) is 32.9 Å². The lowest BCUT2D eigenvalue weighted by Gasteiger charge is -1.77. The minimum Gasteiger partial charge on any atom is -0.370 e. The predicted octanol–water partition coefficient (Wildman–Crippen LogP) is 1.88. The molecule has 0 fully saturated rings. The van der Waals surface area contributed by atoms with E-state index < -0.39 is 0 Å². The van der Waals surface area contributed by atoms with E-state index in [2.05, 4.69) is 9.98 Å². The third kappa shape index (κ3) is 413. The summed E-state index contributed by atoms with van der Waals surface area (Å²) in [7, 11) is 3.07. The third-order valence-electron chi connectivity index (χ3n) is 0.516. The molecule has 0 bridgehead atoms. The van der Waals surface area contributed by atoms with E-state index in [1.165, 1.54) is 14.1 Å². The van der Waals surface area contributed by atoms with Crippen molar-refractivity contribution in [2.45, 2.75) is 55.4 Å². The van der Waals surface area contributed by atoms with Gasteiger partial charge in [0.1, 0.15) is 0 Å². The SMILES string of the molecule is CC.CC.CC.CC.CN=C(N)N.CN=C(N)N. The zero-order chi connectivity index (χ0) is 16.6. The van der Waals surface area contributed by atoms with Gasteiger partial charge in [-0.25, -0.2) is 0 Å². The fraction of sp³-hybridized carbons (Fsp3) is 0.833. The Morgan fingerprint density at radius 2 is 0.556 bits per heavy atom. The summed E-state index contributed by atoms with van der Waals surface area (Å²) in [4.78, 5) is 6.72. The van der Waals surface area contributed by atoms with Gasteiger partial charge in [-0.2, -0.15) is 0 Å². The molecule has 0 saturated heterocycles. The number of nitrogens with two attached hydrogens (primary N) is 4. The van der Waals surface area contributed by atoms with Gasteiger partial charge in [-0.3, -0.25) is 9.98 Å². The molecule has 0 radical (unpaired) electrons. The van der Waals surface area contributed by atoms with E-state index in [4.69, 9.17) is 22.9 Å². The summed E-state index contributed by atoms with van der Waals surface area (Å²) in [6.45, 7) is 16.0. The maximum atomic E-state index is 4.82. The average Bonchev–Trinajstić information content (AvgIpc) is 2.48. The maximum Gasteiger partial charge on any atom is 0.185 e. The van der Waals surface area contributed by atoms with Crippen LogP contribution < -0.4 is 22.9 Å². The van der Waals surface area contributed by atoms with Crippen LogP contribution in [0.2, 0.25) is 0 Å². The van der Waals surface area contributed by atoms with Crippen molar-refractivity contribution in [1.29, 1.82) is 0 Å². The van der Waals surface area contributed by atoms with E-state index in [0.717, 1.165) is 0 Å². The van der Waals surface area contributed by atoms with E-state index in [1.807, 2.05) is 55.4 Å². The highest BCUT2D eigenvalue weighted by Gasteiger charge is 1.61. The van der Waals surface area contributed by atoms with Crippen LogP contribution in [0.3, 0.4) is 0 Å². The lowest BCUT2D eigenvalue weighted by Crippen LogP contribution is -2.21. The molecule has 0 spiro atoms. The zero-order valence-corrected chi connectivity index (χ0v) is 14.2. The molecule has 0 aromatic carbocycles. The van der Waals surface area contributed by atoms with Crippen LogP contribution in [0.1, 0.15) is 55.4 Å². The summed E-state index contributed by atoms with van der Waals surface area (Å²) >= 11 is 0. The fourth-order valence-electron chi connectivity index (χ4n) is 0. The molecule has 116 valence electrons. The van der Waals surface area contributed by atoms with Crippen LogP contribution in [0.25, 0.3) is 0 Å². The van der Waals surface area contributed by atoms with Crippen molar-refractivity contribution in [3.8, 4) is 0 Å². The number of guanidine groups is 2. The first kappa shape index (κ1) is 36.0. The van der Waals surface area contributed by atoms with Crippen molar-refractivity contribution in [2.75, 3.05) is 14.1 Å². The number of nitrogens with zero attached hydrogens (tertiary/aromatic N) is 2. The first-order valence-electron chi connectivity index (χ1n) is 6.50. The van der Waals surface area contributed by atoms with Gasteiger partial charge >= 0.3 is 0 Å². The van der Waals surface area contributed by atoms with Crippen LogP contribution in [0.15, 0.2) is 9.98 Å². The Labute approximate surface area is 115 Å². The highest BCUT2D eigenvalue weighted by atomic mass is 15.0. The van der Waals surface area contributed by atoms with Gasteiger partial charge in [0.15, 0.2) is 11.9 Å². The van der Waals surface area contributed by atoms with E-state index in [-0.39, 0.29) is 11.9 Å². The van der Waals surface area contributed by atoms with Crippen molar-refractivity contribution in [3.05, 3.63) is 0 Å². The van der Waals surface area contributed by atoms with Gasteiger partial charge in [0.2, 0.25) is 0 Å². The fourth-order valence-corrected chi connectivity index (χ4v) is 0. The number of hydrogen-bond acceptors (Lipinski definition) is 2. The first-order chi connectivity index (χ1) is 8.54. The van der Waals surface area contributed by atoms with Gasteiger partial charge in [-0.1, -0.05) is 55.4 Å². The highest BCUT2D eigenvalue weighted by molar-refractivity contribution is 5.75. The summed E-state index contributed by atoms with van der Waals surface area (Å²) in [5.74, 6) is 0.259. The third-order valence-corrected chi connectivity index (χ3v) is 0.516. The Hall–Kier alpha value is -1.46. The minimum atomic E-state index is 0.130. The number of aliphatic imine (C=N–C) groups is 2. The smallest absolute Gasteiger partial charge is 0.185 e. The molecule has 0 amide bonds. The van der Waals surface area contributed by atoms with Crippen LogP contribution in [0, 0.1) is 0 Å². The van der Waals surface area contributed by atoms with Gasteiger partial charge in [0.05, 0.1) is 0 Å². The molecule has 0 aromatic heterocycles. The molecule has 0 unspecified atom stereocenters. The van der Waals surface area contributed by atoms with Gasteiger partial charge in [-0.15, -0.1) is 0 Å². The topological polar surface area (TPSA) is 129 Å². The van der Waals surface area contributed by atoms with E-state index in [0.29, 0.717) is 0 Å². The summed E-state index contributed by atoms with van der Waals surface area (Å²) in [5.41, 5.74) is 19.3. The second kappa shape index (κ2) is 76.8. The highest BCUT2D eigenvalue weighted by Crippen LogP contribution is 1.40. The first-order valence-corrected chi connectivity index (χ1v) is 6.50. The van der Waals surface area contributed by atoms with Gasteiger partial charge < -0.3 is 22.9 Å². The van der Waals surface area contributed by atoms with Crippen LogP contribution in [0.5, 0.6) is 0 Å². The molecule has 6 nitrogen and oxygen atoms in total. The van der Waals surface area contributed by atoms with Gasteiger partial charge in [-0.05, 0) is 0 Å². The molecule has 18 heavy (non-hydrogen) atoms. The monoisotopic (exact) mass is 266 g/mol. The van der Waals surface area contributed by atoms with Gasteiger partial charge in [0.25, 0.3) is 0 Å². The Kier molecular flexibility index (Phi) is 153. The summed E-state index contributed by atoms with van der Waals surface area (Å²) < 4.78 is 0. The van der Waals surface area contributed by atoms with E-state index in [1.54, 1.807) is 0 Å². The Balaban J connectivity index is -0.0000000260. The van der Waals surface area contributed by atoms with Crippen LogP contribution in [0.4, 0.5) is 0 Å². The molecule has 0 aromatic rings. The molecular formula is C12H38N6. The molecule has 0 atom stereocenters. The zero-order valence-electron chi connectivity index (χ0n) is 14.2. The largest absolute Gasteiger partial charge is 0.370 e. The predicted molar refractivity (Wildman–Crippen MR) is 88.9 cm³/mol. The van der Waals surface area contributed by atoms with Crippen LogP contribution in [-0.2, 0) is 0 Å². The summed E-state index contributed by atoms with van der Waals surface area (Å²) in [6, 6.07) is 0. The average molecular weight is 266 g/mol. The van der Waals surface area contributed by atoms with Gasteiger partial charge in [0, 0.05) is 14.1 Å². The Morgan fingerprint density at radius 3 is 0.556 bits per heavy atom. The molecule has 0 aliphatic heterocycles. The molecule has 0 saturated carbocycles. The molecule has 0 aliphatic carbocycles. The lowest BCUT2D eigenvalue weighted by molar-refractivity contribution is 1.36. The molecule has 0 aliphatic rings. The Bertz CT molecular complexity index is 109. The second-order valence-electron chi connectivity index (χ2n) is 1.30. The molecule has 8 N–H and O–H groups in total. The van der Waals surface area contributed by atoms with Crippen molar-refractivity contribution in [3.63, 3.8) is 0 Å². The standard InChI is InChI=1S/2C2H7N3.4C2H6/c2*1-5-2(3)4;4*1-2/h2*1H3,(H4,3,4,5);4*1-2H3. The molecule has 0 rings (SSSR count). The van der Waals surface area contributed by atoms with E-state index >= 15 is 0 Å². The van der Waals surface area contributed by atoms with Crippen LogP contribution in [-0.4, -0.2) is 26.0 Å². The Morgan fingerprint density at radius 1 is 0.500 bits per heavy atom. The number of hydrogen-bond donors (Lipinski definition) is 4. The number of rotatable bonds is 0. The van der Waals surface area contributed by atoms with Crippen molar-refractivity contribution < 1.29 is 0 Å². The quantitative estimate of drug-likeness (QED) is 0.394. The van der Waals surface area contributed by atoms with E-state index in [9.17, 15) is 0 Å². The molecular weight excluding hydrogens is 228 g/mol. The molecule has 6 heteroatoms. The van der Waals surface area contributed by atoms with Crippen molar-refractivity contribution >= 4 is 11.9 Å². The summed E-state index contributed by atoms with van der Waals surface area (Å²) in [6.07, 6.45) is 0.